The molecule has 0 spiro atoms. The molecule has 1 aliphatic carbocycles. The second kappa shape index (κ2) is 9.17. The minimum atomic E-state index is -0.925. The maximum atomic E-state index is 12.5. The molecule has 0 aromatic heterocycles. The van der Waals surface area contributed by atoms with Gasteiger partial charge in [-0.3, -0.25) is 14.4 Å². The van der Waals surface area contributed by atoms with Gasteiger partial charge in [-0.15, -0.1) is 0 Å². The molecule has 7 heteroatoms. The van der Waals surface area contributed by atoms with Crippen molar-refractivity contribution in [3.63, 3.8) is 0 Å². The lowest BCUT2D eigenvalue weighted by molar-refractivity contribution is -0.147. The molecule has 136 valence electrons. The van der Waals surface area contributed by atoms with Gasteiger partial charge in [0.05, 0.1) is 18.4 Å². The van der Waals surface area contributed by atoms with E-state index in [2.05, 4.69) is 10.6 Å². The molecule has 0 bridgehead atoms. The van der Waals surface area contributed by atoms with Gasteiger partial charge in [-0.1, -0.05) is 18.9 Å². The number of ether oxygens (including phenoxy) is 1. The molecule has 1 aromatic rings. The van der Waals surface area contributed by atoms with E-state index in [9.17, 15) is 19.5 Å². The molecular formula is C18H24N2O5. The van der Waals surface area contributed by atoms with Crippen LogP contribution in [0.4, 0.5) is 5.69 Å². The second-order valence-corrected chi connectivity index (χ2v) is 6.15. The summed E-state index contributed by atoms with van der Waals surface area (Å²) in [6.07, 6.45) is 2.77. The van der Waals surface area contributed by atoms with Crippen LogP contribution in [0.2, 0.25) is 0 Å². The number of aliphatic carboxylic acids is 1. The van der Waals surface area contributed by atoms with Crippen molar-refractivity contribution in [2.45, 2.75) is 25.7 Å². The lowest BCUT2D eigenvalue weighted by atomic mass is 9.78. The van der Waals surface area contributed by atoms with Crippen LogP contribution in [0.25, 0.3) is 0 Å². The topological polar surface area (TPSA) is 105 Å². The molecule has 1 aliphatic rings. The predicted molar refractivity (Wildman–Crippen MR) is 92.4 cm³/mol. The molecule has 0 saturated heterocycles. The van der Waals surface area contributed by atoms with Crippen LogP contribution in [0, 0.1) is 11.8 Å². The predicted octanol–water partition coefficient (Wildman–Crippen LogP) is 1.89. The number of carboxylic acid groups (broad SMARTS) is 1. The zero-order chi connectivity index (χ0) is 18.2. The van der Waals surface area contributed by atoms with E-state index in [-0.39, 0.29) is 11.8 Å². The number of benzene rings is 1. The Labute approximate surface area is 146 Å². The molecule has 0 radical (unpaired) electrons. The highest BCUT2D eigenvalue weighted by Crippen LogP contribution is 2.31. The number of amides is 2. The highest BCUT2D eigenvalue weighted by Gasteiger charge is 2.35. The molecule has 25 heavy (non-hydrogen) atoms. The number of carboxylic acids is 1. The number of rotatable bonds is 7. The van der Waals surface area contributed by atoms with Gasteiger partial charge in [-0.25, -0.2) is 0 Å². The van der Waals surface area contributed by atoms with Crippen LogP contribution < -0.4 is 10.6 Å². The Hall–Kier alpha value is -2.41. The van der Waals surface area contributed by atoms with E-state index < -0.39 is 17.8 Å². The summed E-state index contributed by atoms with van der Waals surface area (Å²) < 4.78 is 4.88. The van der Waals surface area contributed by atoms with E-state index in [4.69, 9.17) is 4.74 Å². The van der Waals surface area contributed by atoms with Crippen LogP contribution >= 0.6 is 0 Å². The van der Waals surface area contributed by atoms with Crippen LogP contribution in [-0.4, -0.2) is 43.2 Å². The number of carbonyl (C=O) groups excluding carboxylic acids is 2. The van der Waals surface area contributed by atoms with Gasteiger partial charge in [0.25, 0.3) is 5.91 Å². The Morgan fingerprint density at radius 1 is 1.20 bits per heavy atom. The zero-order valence-corrected chi connectivity index (χ0v) is 14.3. The summed E-state index contributed by atoms with van der Waals surface area (Å²) in [5.41, 5.74) is 0.909. The number of methoxy groups -OCH3 is 1. The third kappa shape index (κ3) is 5.29. The standard InChI is InChI=1S/C18H24N2O5/c1-25-10-9-19-16(21)12-5-4-6-13(11-12)20-17(22)14-7-2-3-8-15(14)18(23)24/h4-6,11,14-15H,2-3,7-10H2,1H3,(H,19,21)(H,20,22)(H,23,24)/t14-,15+/m0/s1. The third-order valence-corrected chi connectivity index (χ3v) is 4.40. The molecule has 2 rings (SSSR count). The monoisotopic (exact) mass is 348 g/mol. The van der Waals surface area contributed by atoms with Crippen LogP contribution in [0.1, 0.15) is 36.0 Å². The van der Waals surface area contributed by atoms with Gasteiger partial charge in [0, 0.05) is 24.9 Å². The molecule has 2 atom stereocenters. The highest BCUT2D eigenvalue weighted by atomic mass is 16.5. The van der Waals surface area contributed by atoms with Gasteiger partial charge >= 0.3 is 5.97 Å². The lowest BCUT2D eigenvalue weighted by Gasteiger charge is -2.27. The number of carbonyl (C=O) groups is 3. The fourth-order valence-electron chi connectivity index (χ4n) is 3.08. The summed E-state index contributed by atoms with van der Waals surface area (Å²) in [6, 6.07) is 6.59. The summed E-state index contributed by atoms with van der Waals surface area (Å²) in [5, 5.41) is 14.8. The minimum Gasteiger partial charge on any atom is -0.481 e. The molecule has 0 unspecified atom stereocenters. The molecule has 1 saturated carbocycles. The molecule has 0 aliphatic heterocycles. The molecule has 1 aromatic carbocycles. The summed E-state index contributed by atoms with van der Waals surface area (Å²) in [4.78, 5) is 35.9. The van der Waals surface area contributed by atoms with Gasteiger partial charge in [-0.05, 0) is 31.0 Å². The van der Waals surface area contributed by atoms with Crippen molar-refractivity contribution in [2.24, 2.45) is 11.8 Å². The van der Waals surface area contributed by atoms with Crippen LogP contribution in [0.5, 0.6) is 0 Å². The Bertz CT molecular complexity index is 632. The van der Waals surface area contributed by atoms with E-state index in [0.717, 1.165) is 12.8 Å². The third-order valence-electron chi connectivity index (χ3n) is 4.40. The summed E-state index contributed by atoms with van der Waals surface area (Å²) in [6.45, 7) is 0.814. The molecule has 3 N–H and O–H groups in total. The van der Waals surface area contributed by atoms with E-state index >= 15 is 0 Å². The number of hydrogen-bond donors (Lipinski definition) is 3. The Kier molecular flexibility index (Phi) is 6.94. The van der Waals surface area contributed by atoms with Crippen molar-refractivity contribution >= 4 is 23.5 Å². The van der Waals surface area contributed by atoms with Gasteiger partial charge in [0.1, 0.15) is 0 Å². The van der Waals surface area contributed by atoms with Gasteiger partial charge in [0.15, 0.2) is 0 Å². The highest BCUT2D eigenvalue weighted by molar-refractivity contribution is 5.98. The molecule has 2 amide bonds. The first-order valence-electron chi connectivity index (χ1n) is 8.44. The van der Waals surface area contributed by atoms with Crippen LogP contribution in [-0.2, 0) is 14.3 Å². The van der Waals surface area contributed by atoms with Gasteiger partial charge in [-0.2, -0.15) is 0 Å². The first-order valence-corrected chi connectivity index (χ1v) is 8.44. The van der Waals surface area contributed by atoms with E-state index in [0.29, 0.717) is 37.2 Å². The van der Waals surface area contributed by atoms with Crippen LogP contribution in [0.3, 0.4) is 0 Å². The van der Waals surface area contributed by atoms with Gasteiger partial charge in [0.2, 0.25) is 5.91 Å². The van der Waals surface area contributed by atoms with Crippen molar-refractivity contribution in [3.05, 3.63) is 29.8 Å². The van der Waals surface area contributed by atoms with Crippen molar-refractivity contribution in [1.29, 1.82) is 0 Å². The Morgan fingerprint density at radius 2 is 1.92 bits per heavy atom. The molecule has 7 nitrogen and oxygen atoms in total. The second-order valence-electron chi connectivity index (χ2n) is 6.15. The Morgan fingerprint density at radius 3 is 2.60 bits per heavy atom. The fourth-order valence-corrected chi connectivity index (χ4v) is 3.08. The summed E-state index contributed by atoms with van der Waals surface area (Å²) in [7, 11) is 1.55. The molecule has 0 heterocycles. The minimum absolute atomic E-state index is 0.255. The smallest absolute Gasteiger partial charge is 0.307 e. The SMILES string of the molecule is COCCNC(=O)c1cccc(NC(=O)[C@H]2CCCC[C@H]2C(=O)O)c1. The first kappa shape index (κ1) is 18.9. The fraction of sp³-hybridized carbons (Fsp3) is 0.500. The molecular weight excluding hydrogens is 324 g/mol. The van der Waals surface area contributed by atoms with Crippen molar-refractivity contribution in [1.82, 2.24) is 5.32 Å². The Balaban J connectivity index is 2.02. The summed E-state index contributed by atoms with van der Waals surface area (Å²) in [5.74, 6) is -2.66. The van der Waals surface area contributed by atoms with Crippen molar-refractivity contribution in [2.75, 3.05) is 25.6 Å². The van der Waals surface area contributed by atoms with E-state index in [1.54, 1.807) is 31.4 Å². The zero-order valence-electron chi connectivity index (χ0n) is 14.3. The van der Waals surface area contributed by atoms with E-state index in [1.165, 1.54) is 0 Å². The summed E-state index contributed by atoms with van der Waals surface area (Å²) >= 11 is 0. The average molecular weight is 348 g/mol. The quantitative estimate of drug-likeness (QED) is 0.653. The molecule has 1 fully saturated rings. The maximum Gasteiger partial charge on any atom is 0.307 e. The van der Waals surface area contributed by atoms with Crippen LogP contribution in [0.15, 0.2) is 24.3 Å². The van der Waals surface area contributed by atoms with E-state index in [1.807, 2.05) is 0 Å². The number of nitrogens with one attached hydrogen (secondary N) is 2. The van der Waals surface area contributed by atoms with Crippen molar-refractivity contribution in [3.8, 4) is 0 Å². The average Bonchev–Trinajstić information content (AvgIpc) is 2.62. The first-order chi connectivity index (χ1) is 12.0. The van der Waals surface area contributed by atoms with Gasteiger partial charge < -0.3 is 20.5 Å². The maximum absolute atomic E-state index is 12.5. The normalized spacial score (nSPS) is 19.9. The number of hydrogen-bond acceptors (Lipinski definition) is 4. The number of anilines is 1. The van der Waals surface area contributed by atoms with Crippen molar-refractivity contribution < 1.29 is 24.2 Å². The largest absolute Gasteiger partial charge is 0.481 e. The lowest BCUT2D eigenvalue weighted by Crippen LogP contribution is -2.36.